The van der Waals surface area contributed by atoms with E-state index < -0.39 is 12.2 Å². The van der Waals surface area contributed by atoms with Gasteiger partial charge in [0, 0.05) is 11.1 Å². The van der Waals surface area contributed by atoms with Crippen LogP contribution in [0.1, 0.15) is 24.3 Å². The highest BCUT2D eigenvalue weighted by Crippen LogP contribution is 2.21. The van der Waals surface area contributed by atoms with Gasteiger partial charge in [0.2, 0.25) is 0 Å². The fraction of sp³-hybridized carbons (Fsp3) is 0.308. The molecule has 1 aromatic carbocycles. The monoisotopic (exact) mass is 217 g/mol. The summed E-state index contributed by atoms with van der Waals surface area (Å²) >= 11 is 0. The first kappa shape index (κ1) is 11.0. The summed E-state index contributed by atoms with van der Waals surface area (Å²) in [4.78, 5) is 4.38. The molecular formula is C13H15NO2. The van der Waals surface area contributed by atoms with Crippen LogP contribution in [0.3, 0.4) is 0 Å². The number of pyridine rings is 1. The Morgan fingerprint density at radius 1 is 1.12 bits per heavy atom. The van der Waals surface area contributed by atoms with Gasteiger partial charge in [-0.1, -0.05) is 12.1 Å². The predicted octanol–water partition coefficient (Wildman–Crippen LogP) is 1.96. The van der Waals surface area contributed by atoms with Gasteiger partial charge in [-0.25, -0.2) is 0 Å². The van der Waals surface area contributed by atoms with E-state index in [-0.39, 0.29) is 0 Å². The van der Waals surface area contributed by atoms with Crippen molar-refractivity contribution in [1.82, 2.24) is 4.98 Å². The first-order valence-corrected chi connectivity index (χ1v) is 5.31. The highest BCUT2D eigenvalue weighted by Gasteiger charge is 2.13. The van der Waals surface area contributed by atoms with Crippen molar-refractivity contribution in [3.05, 3.63) is 41.6 Å². The number of aromatic nitrogens is 1. The Bertz CT molecular complexity index is 508. The summed E-state index contributed by atoms with van der Waals surface area (Å²) in [5.74, 6) is 0. The topological polar surface area (TPSA) is 53.4 Å². The quantitative estimate of drug-likeness (QED) is 0.808. The molecular weight excluding hydrogens is 202 g/mol. The summed E-state index contributed by atoms with van der Waals surface area (Å²) in [7, 11) is 0. The summed E-state index contributed by atoms with van der Waals surface area (Å²) in [5.41, 5.74) is 2.59. The van der Waals surface area contributed by atoms with E-state index in [1.54, 1.807) is 13.0 Å². The molecule has 0 aliphatic heterocycles. The Hall–Kier alpha value is -1.45. The molecule has 0 fully saturated rings. The average Bonchev–Trinajstić information content (AvgIpc) is 2.27. The zero-order valence-corrected chi connectivity index (χ0v) is 9.38. The second kappa shape index (κ2) is 4.20. The van der Waals surface area contributed by atoms with Crippen molar-refractivity contribution in [3.63, 3.8) is 0 Å². The first-order chi connectivity index (χ1) is 7.58. The Balaban J connectivity index is 2.48. The van der Waals surface area contributed by atoms with Crippen LogP contribution >= 0.6 is 0 Å². The van der Waals surface area contributed by atoms with Gasteiger partial charge in [-0.05, 0) is 37.6 Å². The standard InChI is InChI=1S/C13H15NO2/c1-8-3-4-10-7-11(13(16)9(2)15)5-6-12(10)14-8/h3-7,9,13,15-16H,1-2H3. The molecule has 0 aliphatic rings. The molecule has 2 N–H and O–H groups in total. The fourth-order valence-electron chi connectivity index (χ4n) is 1.71. The van der Waals surface area contributed by atoms with Gasteiger partial charge in [0.1, 0.15) is 6.10 Å². The summed E-state index contributed by atoms with van der Waals surface area (Å²) in [5, 5.41) is 20.0. The number of fused-ring (bicyclic) bond motifs is 1. The van der Waals surface area contributed by atoms with Crippen LogP contribution in [0, 0.1) is 6.92 Å². The largest absolute Gasteiger partial charge is 0.390 e. The van der Waals surface area contributed by atoms with E-state index in [4.69, 9.17) is 0 Å². The van der Waals surface area contributed by atoms with Crippen molar-refractivity contribution in [3.8, 4) is 0 Å². The molecule has 1 aromatic heterocycles. The van der Waals surface area contributed by atoms with Gasteiger partial charge in [-0.3, -0.25) is 4.98 Å². The molecule has 2 rings (SSSR count). The zero-order valence-electron chi connectivity index (χ0n) is 9.38. The molecule has 1 heterocycles. The number of hydrogen-bond donors (Lipinski definition) is 2. The zero-order chi connectivity index (χ0) is 11.7. The third kappa shape index (κ3) is 2.05. The van der Waals surface area contributed by atoms with Crippen molar-refractivity contribution in [2.24, 2.45) is 0 Å². The molecule has 0 amide bonds. The molecule has 3 heteroatoms. The van der Waals surface area contributed by atoms with Crippen molar-refractivity contribution in [2.75, 3.05) is 0 Å². The summed E-state index contributed by atoms with van der Waals surface area (Å²) in [6, 6.07) is 9.42. The Labute approximate surface area is 94.4 Å². The van der Waals surface area contributed by atoms with Crippen molar-refractivity contribution < 1.29 is 10.2 Å². The van der Waals surface area contributed by atoms with Crippen molar-refractivity contribution in [2.45, 2.75) is 26.1 Å². The average molecular weight is 217 g/mol. The number of benzene rings is 1. The van der Waals surface area contributed by atoms with Gasteiger partial charge in [0.05, 0.1) is 11.6 Å². The second-order valence-corrected chi connectivity index (χ2v) is 4.09. The minimum Gasteiger partial charge on any atom is -0.390 e. The van der Waals surface area contributed by atoms with E-state index in [2.05, 4.69) is 4.98 Å². The summed E-state index contributed by atoms with van der Waals surface area (Å²) < 4.78 is 0. The maximum atomic E-state index is 9.74. The van der Waals surface area contributed by atoms with E-state index in [1.165, 1.54) is 0 Å². The SMILES string of the molecule is Cc1ccc2cc(C(O)C(C)O)ccc2n1. The van der Waals surface area contributed by atoms with E-state index in [1.807, 2.05) is 31.2 Å². The smallest absolute Gasteiger partial charge is 0.105 e. The minimum atomic E-state index is -0.842. The van der Waals surface area contributed by atoms with E-state index in [0.29, 0.717) is 5.56 Å². The third-order valence-corrected chi connectivity index (χ3v) is 2.65. The van der Waals surface area contributed by atoms with Crippen LogP contribution in [-0.2, 0) is 0 Å². The van der Waals surface area contributed by atoms with Gasteiger partial charge in [0.15, 0.2) is 0 Å². The minimum absolute atomic E-state index is 0.716. The van der Waals surface area contributed by atoms with E-state index >= 15 is 0 Å². The highest BCUT2D eigenvalue weighted by atomic mass is 16.3. The number of rotatable bonds is 2. The van der Waals surface area contributed by atoms with Crippen LogP contribution < -0.4 is 0 Å². The number of hydrogen-bond acceptors (Lipinski definition) is 3. The van der Waals surface area contributed by atoms with Crippen LogP contribution in [0.4, 0.5) is 0 Å². The number of aryl methyl sites for hydroxylation is 1. The lowest BCUT2D eigenvalue weighted by molar-refractivity contribution is 0.0306. The number of aliphatic hydroxyl groups is 2. The van der Waals surface area contributed by atoms with Crippen LogP contribution in [-0.4, -0.2) is 21.3 Å². The molecule has 0 spiro atoms. The van der Waals surface area contributed by atoms with Gasteiger partial charge < -0.3 is 10.2 Å². The lowest BCUT2D eigenvalue weighted by Gasteiger charge is -2.14. The van der Waals surface area contributed by atoms with Crippen LogP contribution in [0.5, 0.6) is 0 Å². The molecule has 0 saturated carbocycles. The second-order valence-electron chi connectivity index (χ2n) is 4.09. The Kier molecular flexibility index (Phi) is 2.90. The normalized spacial score (nSPS) is 15.0. The molecule has 0 radical (unpaired) electrons. The molecule has 0 bridgehead atoms. The molecule has 2 aromatic rings. The summed E-state index contributed by atoms with van der Waals surface area (Å²) in [6.45, 7) is 3.51. The van der Waals surface area contributed by atoms with Crippen LogP contribution in [0.15, 0.2) is 30.3 Å². The lowest BCUT2D eigenvalue weighted by atomic mass is 10.0. The number of aliphatic hydroxyl groups excluding tert-OH is 2. The molecule has 2 unspecified atom stereocenters. The Morgan fingerprint density at radius 2 is 1.88 bits per heavy atom. The van der Waals surface area contributed by atoms with Gasteiger partial charge in [-0.15, -0.1) is 0 Å². The molecule has 84 valence electrons. The Morgan fingerprint density at radius 3 is 2.56 bits per heavy atom. The molecule has 0 aliphatic carbocycles. The van der Waals surface area contributed by atoms with E-state index in [0.717, 1.165) is 16.6 Å². The lowest BCUT2D eigenvalue weighted by Crippen LogP contribution is -2.13. The van der Waals surface area contributed by atoms with Gasteiger partial charge >= 0.3 is 0 Å². The van der Waals surface area contributed by atoms with Crippen LogP contribution in [0.25, 0.3) is 10.9 Å². The van der Waals surface area contributed by atoms with Crippen molar-refractivity contribution in [1.29, 1.82) is 0 Å². The van der Waals surface area contributed by atoms with Gasteiger partial charge in [0.25, 0.3) is 0 Å². The maximum Gasteiger partial charge on any atom is 0.105 e. The first-order valence-electron chi connectivity index (χ1n) is 5.31. The molecule has 16 heavy (non-hydrogen) atoms. The molecule has 2 atom stereocenters. The third-order valence-electron chi connectivity index (χ3n) is 2.65. The molecule has 0 saturated heterocycles. The number of nitrogens with zero attached hydrogens (tertiary/aromatic N) is 1. The highest BCUT2D eigenvalue weighted by molar-refractivity contribution is 5.79. The van der Waals surface area contributed by atoms with E-state index in [9.17, 15) is 10.2 Å². The fourth-order valence-corrected chi connectivity index (χ4v) is 1.71. The van der Waals surface area contributed by atoms with Crippen molar-refractivity contribution >= 4 is 10.9 Å². The van der Waals surface area contributed by atoms with Gasteiger partial charge in [-0.2, -0.15) is 0 Å². The summed E-state index contributed by atoms with van der Waals surface area (Å²) in [6.07, 6.45) is -1.61. The molecule has 3 nitrogen and oxygen atoms in total. The predicted molar refractivity (Wildman–Crippen MR) is 63.1 cm³/mol. The maximum absolute atomic E-state index is 9.74. The van der Waals surface area contributed by atoms with Crippen LogP contribution in [0.2, 0.25) is 0 Å².